The maximum Gasteiger partial charge on any atom is 0.176 e. The van der Waals surface area contributed by atoms with Crippen molar-refractivity contribution in [3.63, 3.8) is 0 Å². The Morgan fingerprint density at radius 2 is 1.96 bits per heavy atom. The van der Waals surface area contributed by atoms with E-state index < -0.39 is 5.66 Å². The summed E-state index contributed by atoms with van der Waals surface area (Å²) in [4.78, 5) is 0. The minimum absolute atomic E-state index is 0.926. The third-order valence-corrected chi connectivity index (χ3v) is 4.35. The molecule has 6 nitrogen and oxygen atoms in total. The summed E-state index contributed by atoms with van der Waals surface area (Å²) in [7, 11) is 0. The molecule has 0 radical (unpaired) electrons. The van der Waals surface area contributed by atoms with Gasteiger partial charge in [-0.25, -0.2) is 0 Å². The van der Waals surface area contributed by atoms with Crippen LogP contribution in [-0.2, 0) is 5.66 Å². The zero-order chi connectivity index (χ0) is 15.4. The van der Waals surface area contributed by atoms with Crippen LogP contribution in [0.2, 0.25) is 0 Å². The average molecular weight is 300 g/mol. The van der Waals surface area contributed by atoms with Crippen molar-refractivity contribution in [2.75, 3.05) is 0 Å². The second-order valence-corrected chi connectivity index (χ2v) is 5.69. The number of hydrogen-bond acceptors (Lipinski definition) is 5. The molecule has 0 bridgehead atoms. The van der Waals surface area contributed by atoms with Crippen LogP contribution in [0.5, 0.6) is 0 Å². The van der Waals surface area contributed by atoms with Crippen molar-refractivity contribution in [1.29, 1.82) is 0 Å². The Kier molecular flexibility index (Phi) is 2.27. The zero-order valence-electron chi connectivity index (χ0n) is 12.1. The normalized spacial score (nSPS) is 20.2. The monoisotopic (exact) mass is 300 g/mol. The second-order valence-electron chi connectivity index (χ2n) is 5.69. The van der Waals surface area contributed by atoms with Gasteiger partial charge in [0.2, 0.25) is 0 Å². The number of fused-ring (bicyclic) bond motifs is 5. The van der Waals surface area contributed by atoms with Crippen LogP contribution in [0.3, 0.4) is 0 Å². The number of rotatable bonds is 1. The second kappa shape index (κ2) is 4.21. The summed E-state index contributed by atoms with van der Waals surface area (Å²) in [6, 6.07) is 8.15. The van der Waals surface area contributed by atoms with Crippen LogP contribution in [-0.4, -0.2) is 14.6 Å². The molecule has 0 saturated carbocycles. The molecule has 1 aliphatic rings. The maximum atomic E-state index is 6.47. The van der Waals surface area contributed by atoms with Crippen LogP contribution < -0.4 is 5.73 Å². The summed E-state index contributed by atoms with van der Waals surface area (Å²) < 4.78 is 2.08. The molecule has 4 aromatic rings. The molecule has 3 aromatic heterocycles. The van der Waals surface area contributed by atoms with Gasteiger partial charge in [0.1, 0.15) is 0 Å². The molecule has 0 amide bonds. The number of pyridine rings is 1. The number of nitrogens with zero attached hydrogens (tertiary/aromatic N) is 5. The van der Waals surface area contributed by atoms with Crippen molar-refractivity contribution in [3.8, 4) is 0 Å². The van der Waals surface area contributed by atoms with Gasteiger partial charge >= 0.3 is 0 Å². The van der Waals surface area contributed by atoms with E-state index >= 15 is 0 Å². The fourth-order valence-electron chi connectivity index (χ4n) is 3.29. The van der Waals surface area contributed by atoms with Crippen LogP contribution in [0.4, 0.5) is 0 Å². The fourth-order valence-corrected chi connectivity index (χ4v) is 3.29. The van der Waals surface area contributed by atoms with Gasteiger partial charge in [0.25, 0.3) is 0 Å². The molecule has 0 fully saturated rings. The fraction of sp³-hybridized carbons (Fsp3) is 0.0588. The molecule has 1 unspecified atom stereocenters. The van der Waals surface area contributed by atoms with E-state index in [1.807, 2.05) is 30.6 Å². The van der Waals surface area contributed by atoms with Gasteiger partial charge in [0, 0.05) is 40.3 Å². The minimum Gasteiger partial charge on any atom is -0.322 e. The Bertz CT molecular complexity index is 1130. The highest BCUT2D eigenvalue weighted by atomic mass is 15.2. The van der Waals surface area contributed by atoms with E-state index in [-0.39, 0.29) is 0 Å². The smallest absolute Gasteiger partial charge is 0.176 e. The van der Waals surface area contributed by atoms with E-state index in [1.54, 1.807) is 18.6 Å². The maximum absolute atomic E-state index is 6.47. The van der Waals surface area contributed by atoms with Gasteiger partial charge in [0.05, 0.1) is 17.9 Å². The third kappa shape index (κ3) is 1.61. The van der Waals surface area contributed by atoms with Gasteiger partial charge in [-0.1, -0.05) is 18.2 Å². The van der Waals surface area contributed by atoms with Gasteiger partial charge in [-0.3, -0.25) is 5.73 Å². The van der Waals surface area contributed by atoms with Gasteiger partial charge in [-0.2, -0.15) is 20.4 Å². The number of aromatic nitrogens is 3. The molecule has 0 aliphatic carbocycles. The summed E-state index contributed by atoms with van der Waals surface area (Å²) in [5.74, 6) is 0. The van der Waals surface area contributed by atoms with Gasteiger partial charge in [-0.15, -0.1) is 0 Å². The molecule has 4 heterocycles. The molecule has 1 aliphatic heterocycles. The molecule has 1 aromatic carbocycles. The molecule has 5 rings (SSSR count). The Morgan fingerprint density at radius 3 is 2.83 bits per heavy atom. The Labute approximate surface area is 131 Å². The molecule has 1 atom stereocenters. The topological polar surface area (TPSA) is 80.9 Å². The molecule has 6 heteroatoms. The van der Waals surface area contributed by atoms with Crippen molar-refractivity contribution in [3.05, 3.63) is 66.9 Å². The molecule has 23 heavy (non-hydrogen) atoms. The summed E-state index contributed by atoms with van der Waals surface area (Å²) >= 11 is 0. The largest absolute Gasteiger partial charge is 0.322 e. The number of benzene rings is 1. The van der Waals surface area contributed by atoms with Crippen LogP contribution >= 0.6 is 0 Å². The van der Waals surface area contributed by atoms with Crippen molar-refractivity contribution in [2.24, 2.45) is 16.0 Å². The standard InChI is InChI=1S/C17H12N6/c18-17(5-6-19-22-17)14-3-1-2-11-4-7-23-10-12-8-20-21-9-13(12)16(23)15(11)14/h1-10H,18H2. The lowest BCUT2D eigenvalue weighted by Crippen LogP contribution is -2.30. The molecule has 0 saturated heterocycles. The van der Waals surface area contributed by atoms with Crippen LogP contribution in [0.1, 0.15) is 5.56 Å². The van der Waals surface area contributed by atoms with Gasteiger partial charge < -0.3 is 4.40 Å². The van der Waals surface area contributed by atoms with E-state index in [0.29, 0.717) is 0 Å². The highest BCUT2D eigenvalue weighted by molar-refractivity contribution is 6.12. The number of nitrogens with two attached hydrogens (primary N) is 1. The first kappa shape index (κ1) is 12.4. The lowest BCUT2D eigenvalue weighted by atomic mass is 9.94. The summed E-state index contributed by atoms with van der Waals surface area (Å²) in [5, 5.41) is 20.4. The van der Waals surface area contributed by atoms with Crippen molar-refractivity contribution >= 4 is 27.1 Å². The molecular weight excluding hydrogens is 288 g/mol. The SMILES string of the molecule is NC1(c2cccc3ccn4cc5cnncc5c4c23)C=CN=N1. The van der Waals surface area contributed by atoms with Gasteiger partial charge in [-0.05, 0) is 17.5 Å². The lowest BCUT2D eigenvalue weighted by molar-refractivity contribution is 0.591. The van der Waals surface area contributed by atoms with Crippen molar-refractivity contribution in [1.82, 2.24) is 14.6 Å². The molecule has 0 spiro atoms. The Morgan fingerprint density at radius 1 is 1.04 bits per heavy atom. The Hall–Kier alpha value is -3.12. The predicted octanol–water partition coefficient (Wildman–Crippen LogP) is 3.13. The van der Waals surface area contributed by atoms with Crippen LogP contribution in [0.15, 0.2) is 71.6 Å². The van der Waals surface area contributed by atoms with E-state index in [0.717, 1.165) is 32.6 Å². The number of hydrogen-bond donors (Lipinski definition) is 1. The van der Waals surface area contributed by atoms with Crippen molar-refractivity contribution < 1.29 is 0 Å². The Balaban J connectivity index is 2.04. The first-order chi connectivity index (χ1) is 11.3. The van der Waals surface area contributed by atoms with Gasteiger partial charge in [0.15, 0.2) is 5.66 Å². The highest BCUT2D eigenvalue weighted by Gasteiger charge is 2.29. The van der Waals surface area contributed by atoms with Crippen LogP contribution in [0.25, 0.3) is 27.1 Å². The van der Waals surface area contributed by atoms with E-state index in [1.165, 1.54) is 0 Å². The first-order valence-corrected chi connectivity index (χ1v) is 7.28. The van der Waals surface area contributed by atoms with E-state index in [4.69, 9.17) is 5.73 Å². The lowest BCUT2D eigenvalue weighted by Gasteiger charge is -2.20. The number of azo groups is 1. The van der Waals surface area contributed by atoms with E-state index in [2.05, 4.69) is 37.0 Å². The third-order valence-electron chi connectivity index (χ3n) is 4.35. The molecule has 2 N–H and O–H groups in total. The highest BCUT2D eigenvalue weighted by Crippen LogP contribution is 2.36. The summed E-state index contributed by atoms with van der Waals surface area (Å²) in [6.07, 6.45) is 11.1. The summed E-state index contributed by atoms with van der Waals surface area (Å²) in [5.41, 5.74) is 7.52. The average Bonchev–Trinajstić information content (AvgIpc) is 3.18. The minimum atomic E-state index is -0.932. The zero-order valence-corrected chi connectivity index (χ0v) is 12.1. The van der Waals surface area contributed by atoms with Crippen molar-refractivity contribution in [2.45, 2.75) is 5.66 Å². The summed E-state index contributed by atoms with van der Waals surface area (Å²) in [6.45, 7) is 0. The molecule has 110 valence electrons. The predicted molar refractivity (Wildman–Crippen MR) is 87.9 cm³/mol. The van der Waals surface area contributed by atoms with Crippen LogP contribution in [0, 0.1) is 0 Å². The quantitative estimate of drug-likeness (QED) is 0.586. The first-order valence-electron chi connectivity index (χ1n) is 7.28. The van der Waals surface area contributed by atoms with E-state index in [9.17, 15) is 0 Å². The molecular formula is C17H12N6.